The average Bonchev–Trinajstić information content (AvgIpc) is 2.29. The maximum absolute atomic E-state index is 13.0. The third-order valence-corrected chi connectivity index (χ3v) is 4.00. The quantitative estimate of drug-likeness (QED) is 0.852. The van der Waals surface area contributed by atoms with Crippen LogP contribution in [0.5, 0.6) is 0 Å². The van der Waals surface area contributed by atoms with Gasteiger partial charge in [0.15, 0.2) is 9.84 Å². The van der Waals surface area contributed by atoms with Crippen LogP contribution in [0.25, 0.3) is 0 Å². The molecule has 0 bridgehead atoms. The zero-order chi connectivity index (χ0) is 13.2. The summed E-state index contributed by atoms with van der Waals surface area (Å²) in [4.78, 5) is 0.206. The van der Waals surface area contributed by atoms with Crippen molar-refractivity contribution in [1.29, 1.82) is 0 Å². The van der Waals surface area contributed by atoms with E-state index in [1.807, 2.05) is 6.92 Å². The minimum absolute atomic E-state index is 0.206. The van der Waals surface area contributed by atoms with E-state index in [0.717, 1.165) is 11.3 Å². The fourth-order valence-electron chi connectivity index (χ4n) is 1.56. The van der Waals surface area contributed by atoms with Crippen molar-refractivity contribution in [3.8, 4) is 0 Å². The monoisotopic (exact) mass is 263 g/mol. The Morgan fingerprint density at radius 1 is 1.06 bits per heavy atom. The summed E-state index contributed by atoms with van der Waals surface area (Å²) in [5.41, 5.74) is 1.32. The fraction of sp³-hybridized carbons (Fsp3) is 0.0714. The van der Waals surface area contributed by atoms with Crippen molar-refractivity contribution < 1.29 is 12.8 Å². The number of rotatable bonds is 3. The van der Waals surface area contributed by atoms with Crippen LogP contribution in [0, 0.1) is 18.5 Å². The van der Waals surface area contributed by atoms with Crippen LogP contribution < -0.4 is 0 Å². The Hall–Kier alpha value is -1.68. The Morgan fingerprint density at radius 3 is 2.33 bits per heavy atom. The molecule has 0 heterocycles. The maximum Gasteiger partial charge on any atom is 0.187 e. The first-order valence-corrected chi connectivity index (χ1v) is 6.94. The molecule has 0 spiro atoms. The number of hydrogen-bond acceptors (Lipinski definition) is 2. The second-order valence-corrected chi connectivity index (χ2v) is 5.83. The molecule has 0 amide bonds. The lowest BCUT2D eigenvalue weighted by atomic mass is 10.2. The molecule has 0 aliphatic rings. The molecule has 1 radical (unpaired) electrons. The lowest BCUT2D eigenvalue weighted by Gasteiger charge is -2.04. The van der Waals surface area contributed by atoms with Gasteiger partial charge >= 0.3 is 0 Å². The van der Waals surface area contributed by atoms with Crippen LogP contribution in [-0.4, -0.2) is 8.42 Å². The number of halogens is 1. The summed E-state index contributed by atoms with van der Waals surface area (Å²) in [5.74, 6) is 0.614. The van der Waals surface area contributed by atoms with Gasteiger partial charge in [-0.1, -0.05) is 29.8 Å². The van der Waals surface area contributed by atoms with Crippen LogP contribution in [0.3, 0.4) is 0 Å². The number of sulfone groups is 1. The van der Waals surface area contributed by atoms with Gasteiger partial charge in [0.1, 0.15) is 11.6 Å². The van der Waals surface area contributed by atoms with Gasteiger partial charge in [-0.3, -0.25) is 0 Å². The number of hydrogen-bond donors (Lipinski definition) is 0. The highest BCUT2D eigenvalue weighted by atomic mass is 32.2. The predicted molar refractivity (Wildman–Crippen MR) is 68.2 cm³/mol. The van der Waals surface area contributed by atoms with E-state index in [4.69, 9.17) is 0 Å². The molecule has 0 aromatic heterocycles. The molecule has 2 aromatic carbocycles. The molecule has 4 heteroatoms. The molecule has 2 rings (SSSR count). The molecule has 0 fully saturated rings. The van der Waals surface area contributed by atoms with Gasteiger partial charge in [-0.05, 0) is 36.8 Å². The van der Waals surface area contributed by atoms with Crippen LogP contribution >= 0.6 is 0 Å². The summed E-state index contributed by atoms with van der Waals surface area (Å²) in [5, 5.41) is 0. The van der Waals surface area contributed by atoms with Crippen molar-refractivity contribution in [2.45, 2.75) is 11.8 Å². The van der Waals surface area contributed by atoms with E-state index in [2.05, 4.69) is 0 Å². The first-order chi connectivity index (χ1) is 8.47. The highest BCUT2D eigenvalue weighted by Gasteiger charge is 2.15. The Morgan fingerprint density at radius 2 is 1.72 bits per heavy atom. The van der Waals surface area contributed by atoms with Gasteiger partial charge in [0.05, 0.1) is 4.90 Å². The third-order valence-electron chi connectivity index (χ3n) is 2.49. The SMILES string of the molecule is Cc1ccc(S(=O)(=O)[CH]c2cccc(F)c2)cc1. The first-order valence-electron chi connectivity index (χ1n) is 5.39. The topological polar surface area (TPSA) is 34.1 Å². The zero-order valence-electron chi connectivity index (χ0n) is 9.80. The second kappa shape index (κ2) is 4.90. The van der Waals surface area contributed by atoms with E-state index in [1.165, 1.54) is 18.2 Å². The molecule has 0 aliphatic heterocycles. The summed E-state index contributed by atoms with van der Waals surface area (Å²) < 4.78 is 37.1. The predicted octanol–water partition coefficient (Wildman–Crippen LogP) is 3.12. The molecule has 2 aromatic rings. The number of benzene rings is 2. The Kier molecular flexibility index (Phi) is 3.48. The highest BCUT2D eigenvalue weighted by molar-refractivity contribution is 7.93. The van der Waals surface area contributed by atoms with E-state index < -0.39 is 15.7 Å². The Balaban J connectivity index is 2.30. The molecular weight excluding hydrogens is 251 g/mol. The maximum atomic E-state index is 13.0. The van der Waals surface area contributed by atoms with Crippen molar-refractivity contribution in [2.24, 2.45) is 0 Å². The van der Waals surface area contributed by atoms with Crippen LogP contribution in [0.4, 0.5) is 4.39 Å². The van der Waals surface area contributed by atoms with Crippen LogP contribution in [0.2, 0.25) is 0 Å². The summed E-state index contributed by atoms with van der Waals surface area (Å²) in [6.45, 7) is 1.88. The van der Waals surface area contributed by atoms with Crippen LogP contribution in [-0.2, 0) is 9.84 Å². The van der Waals surface area contributed by atoms with Crippen molar-refractivity contribution in [2.75, 3.05) is 0 Å². The fourth-order valence-corrected chi connectivity index (χ4v) is 2.71. The van der Waals surface area contributed by atoms with Gasteiger partial charge < -0.3 is 0 Å². The molecule has 93 valence electrons. The van der Waals surface area contributed by atoms with Crippen molar-refractivity contribution >= 4 is 9.84 Å². The normalized spacial score (nSPS) is 11.4. The lowest BCUT2D eigenvalue weighted by molar-refractivity contribution is 0.602. The summed E-state index contributed by atoms with van der Waals surface area (Å²) in [6.07, 6.45) is 0. The van der Waals surface area contributed by atoms with Crippen LogP contribution in [0.1, 0.15) is 11.1 Å². The standard InChI is InChI=1S/C14H12FO2S/c1-11-5-7-14(8-6-11)18(16,17)10-12-3-2-4-13(15)9-12/h2-10H,1H3. The smallest absolute Gasteiger partial charge is 0.187 e. The van der Waals surface area contributed by atoms with Gasteiger partial charge in [0.2, 0.25) is 0 Å². The second-order valence-electron chi connectivity index (χ2n) is 4.03. The molecule has 0 atom stereocenters. The van der Waals surface area contributed by atoms with E-state index in [1.54, 1.807) is 30.3 Å². The number of aryl methyl sites for hydroxylation is 1. The molecular formula is C14H12FO2S. The highest BCUT2D eigenvalue weighted by Crippen LogP contribution is 2.19. The van der Waals surface area contributed by atoms with Gasteiger partial charge in [-0.25, -0.2) is 12.8 Å². The van der Waals surface area contributed by atoms with Crippen molar-refractivity contribution in [3.63, 3.8) is 0 Å². The summed E-state index contributed by atoms with van der Waals surface area (Å²) in [6, 6.07) is 12.0. The zero-order valence-corrected chi connectivity index (χ0v) is 10.6. The molecule has 0 N–H and O–H groups in total. The molecule has 0 unspecified atom stereocenters. The largest absolute Gasteiger partial charge is 0.223 e. The molecule has 18 heavy (non-hydrogen) atoms. The van der Waals surface area contributed by atoms with Crippen molar-refractivity contribution in [3.05, 3.63) is 71.2 Å². The lowest BCUT2D eigenvalue weighted by Crippen LogP contribution is -2.02. The van der Waals surface area contributed by atoms with E-state index in [0.29, 0.717) is 5.56 Å². The minimum Gasteiger partial charge on any atom is -0.223 e. The van der Waals surface area contributed by atoms with E-state index >= 15 is 0 Å². The molecule has 0 saturated heterocycles. The van der Waals surface area contributed by atoms with E-state index in [-0.39, 0.29) is 4.90 Å². The van der Waals surface area contributed by atoms with E-state index in [9.17, 15) is 12.8 Å². The third kappa shape index (κ3) is 2.96. The Labute approximate surface area is 106 Å². The van der Waals surface area contributed by atoms with Crippen LogP contribution in [0.15, 0.2) is 53.4 Å². The molecule has 0 saturated carbocycles. The summed E-state index contributed by atoms with van der Waals surface area (Å²) in [7, 11) is -3.54. The average molecular weight is 263 g/mol. The summed E-state index contributed by atoms with van der Waals surface area (Å²) >= 11 is 0. The molecule has 2 nitrogen and oxygen atoms in total. The minimum atomic E-state index is -3.54. The first kappa shape index (κ1) is 12.8. The van der Waals surface area contributed by atoms with Gasteiger partial charge in [0.25, 0.3) is 0 Å². The Bertz CT molecular complexity index is 646. The van der Waals surface area contributed by atoms with Crippen molar-refractivity contribution in [1.82, 2.24) is 0 Å². The van der Waals surface area contributed by atoms with Gasteiger partial charge in [-0.2, -0.15) is 0 Å². The van der Waals surface area contributed by atoms with Gasteiger partial charge in [0, 0.05) is 0 Å². The molecule has 0 aliphatic carbocycles. The van der Waals surface area contributed by atoms with Gasteiger partial charge in [-0.15, -0.1) is 0 Å².